The van der Waals surface area contributed by atoms with E-state index in [1.807, 2.05) is 13.8 Å². The number of nitro benzene ring substituents is 1. The van der Waals surface area contributed by atoms with Crippen molar-refractivity contribution < 1.29 is 4.92 Å². The summed E-state index contributed by atoms with van der Waals surface area (Å²) in [6.45, 7) is 6.02. The van der Waals surface area contributed by atoms with Crippen LogP contribution in [-0.4, -0.2) is 18.0 Å². The third-order valence-electron chi connectivity index (χ3n) is 3.71. The lowest BCUT2D eigenvalue weighted by Crippen LogP contribution is -2.26. The topological polar surface area (TPSA) is 55.2 Å². The number of aryl methyl sites for hydroxylation is 2. The number of nitro groups is 1. The van der Waals surface area contributed by atoms with Crippen molar-refractivity contribution in [2.75, 3.05) is 13.1 Å². The van der Waals surface area contributed by atoms with Gasteiger partial charge in [-0.25, -0.2) is 0 Å². The van der Waals surface area contributed by atoms with Crippen LogP contribution in [0, 0.1) is 29.9 Å². The molecule has 1 aliphatic rings. The molecule has 4 nitrogen and oxygen atoms in total. The van der Waals surface area contributed by atoms with E-state index < -0.39 is 0 Å². The van der Waals surface area contributed by atoms with Crippen LogP contribution in [0.1, 0.15) is 29.5 Å². The Labute approximate surface area is 113 Å². The average Bonchev–Trinajstić information content (AvgIpc) is 2.38. The van der Waals surface area contributed by atoms with E-state index in [0.717, 1.165) is 29.8 Å². The Balaban J connectivity index is 2.20. The van der Waals surface area contributed by atoms with Gasteiger partial charge in [0, 0.05) is 12.1 Å². The fraction of sp³-hybridized carbons (Fsp3) is 0.467. The van der Waals surface area contributed by atoms with Crippen molar-refractivity contribution in [1.29, 1.82) is 0 Å². The molecule has 1 saturated heterocycles. The highest BCUT2D eigenvalue weighted by atomic mass is 16.6. The Morgan fingerprint density at radius 3 is 2.37 bits per heavy atom. The Morgan fingerprint density at radius 1 is 1.26 bits per heavy atom. The number of rotatable bonds is 3. The van der Waals surface area contributed by atoms with Crippen LogP contribution in [0.4, 0.5) is 5.69 Å². The Bertz CT molecular complexity index is 480. The van der Waals surface area contributed by atoms with Gasteiger partial charge in [-0.2, -0.15) is 0 Å². The van der Waals surface area contributed by atoms with Crippen molar-refractivity contribution in [3.05, 3.63) is 45.0 Å². The number of nitrogens with zero attached hydrogens (tertiary/aromatic N) is 1. The first-order chi connectivity index (χ1) is 9.08. The predicted octanol–water partition coefficient (Wildman–Crippen LogP) is 3.22. The van der Waals surface area contributed by atoms with Crippen molar-refractivity contribution in [1.82, 2.24) is 5.32 Å². The second-order valence-corrected chi connectivity index (χ2v) is 5.20. The zero-order valence-electron chi connectivity index (χ0n) is 11.5. The molecule has 0 aromatic heterocycles. The van der Waals surface area contributed by atoms with Crippen molar-refractivity contribution >= 4 is 11.8 Å². The molecule has 0 radical (unpaired) electrons. The van der Waals surface area contributed by atoms with Gasteiger partial charge in [-0.3, -0.25) is 10.1 Å². The van der Waals surface area contributed by atoms with E-state index in [4.69, 9.17) is 0 Å². The standard InChI is InChI=1S/C15H20N2O2/c1-11-9-14(17(18)19)10-12(2)15(11)4-3-13-5-7-16-8-6-13/h3-4,9-10,13,16H,5-8H2,1-2H3/b4-3+. The van der Waals surface area contributed by atoms with Gasteiger partial charge >= 0.3 is 0 Å². The monoisotopic (exact) mass is 260 g/mol. The Morgan fingerprint density at radius 2 is 1.84 bits per heavy atom. The summed E-state index contributed by atoms with van der Waals surface area (Å²) in [7, 11) is 0. The Hall–Kier alpha value is -1.68. The maximum absolute atomic E-state index is 10.8. The first-order valence-electron chi connectivity index (χ1n) is 6.72. The molecule has 0 unspecified atom stereocenters. The first kappa shape index (κ1) is 13.7. The number of nitrogens with one attached hydrogen (secondary N) is 1. The normalized spacial score (nSPS) is 16.9. The van der Waals surface area contributed by atoms with Crippen molar-refractivity contribution in [2.45, 2.75) is 26.7 Å². The van der Waals surface area contributed by atoms with E-state index in [-0.39, 0.29) is 10.6 Å². The molecule has 0 aliphatic carbocycles. The fourth-order valence-corrected chi connectivity index (χ4v) is 2.59. The second-order valence-electron chi connectivity index (χ2n) is 5.20. The first-order valence-corrected chi connectivity index (χ1v) is 6.72. The molecule has 2 rings (SSSR count). The molecule has 1 aromatic carbocycles. The lowest BCUT2D eigenvalue weighted by Gasteiger charge is -2.19. The maximum atomic E-state index is 10.8. The van der Waals surface area contributed by atoms with Gasteiger partial charge in [0.15, 0.2) is 0 Å². The van der Waals surface area contributed by atoms with Gasteiger partial charge in [-0.05, 0) is 62.4 Å². The van der Waals surface area contributed by atoms with Crippen LogP contribution in [0.25, 0.3) is 6.08 Å². The van der Waals surface area contributed by atoms with Crippen LogP contribution in [0.5, 0.6) is 0 Å². The summed E-state index contributed by atoms with van der Waals surface area (Å²) in [4.78, 5) is 10.5. The van der Waals surface area contributed by atoms with E-state index in [9.17, 15) is 10.1 Å². The van der Waals surface area contributed by atoms with E-state index in [1.165, 1.54) is 12.8 Å². The molecule has 0 atom stereocenters. The lowest BCUT2D eigenvalue weighted by molar-refractivity contribution is -0.384. The Kier molecular flexibility index (Phi) is 4.32. The summed E-state index contributed by atoms with van der Waals surface area (Å²) in [5.74, 6) is 0.621. The molecule has 1 fully saturated rings. The predicted molar refractivity (Wildman–Crippen MR) is 77.2 cm³/mol. The minimum Gasteiger partial charge on any atom is -0.317 e. The summed E-state index contributed by atoms with van der Waals surface area (Å²) in [5, 5.41) is 14.1. The number of hydrogen-bond acceptors (Lipinski definition) is 3. The third-order valence-corrected chi connectivity index (χ3v) is 3.71. The fourth-order valence-electron chi connectivity index (χ4n) is 2.59. The lowest BCUT2D eigenvalue weighted by atomic mass is 9.95. The summed E-state index contributed by atoms with van der Waals surface area (Å²) >= 11 is 0. The van der Waals surface area contributed by atoms with E-state index in [0.29, 0.717) is 5.92 Å². The van der Waals surface area contributed by atoms with Crippen LogP contribution in [0.2, 0.25) is 0 Å². The quantitative estimate of drug-likeness (QED) is 0.670. The number of piperidine rings is 1. The van der Waals surface area contributed by atoms with Crippen LogP contribution < -0.4 is 5.32 Å². The zero-order chi connectivity index (χ0) is 13.8. The summed E-state index contributed by atoms with van der Waals surface area (Å²) in [5.41, 5.74) is 3.23. The van der Waals surface area contributed by atoms with Gasteiger partial charge in [0.1, 0.15) is 0 Å². The highest BCUT2D eigenvalue weighted by Gasteiger charge is 2.12. The van der Waals surface area contributed by atoms with Gasteiger partial charge in [0.2, 0.25) is 0 Å². The smallest absolute Gasteiger partial charge is 0.269 e. The molecule has 0 bridgehead atoms. The minimum absolute atomic E-state index is 0.175. The number of non-ortho nitro benzene ring substituents is 1. The van der Waals surface area contributed by atoms with Crippen molar-refractivity contribution in [3.63, 3.8) is 0 Å². The third kappa shape index (κ3) is 3.41. The van der Waals surface area contributed by atoms with Crippen LogP contribution in [0.15, 0.2) is 18.2 Å². The molecule has 0 amide bonds. The van der Waals surface area contributed by atoms with Crippen LogP contribution >= 0.6 is 0 Å². The molecule has 1 aromatic rings. The molecule has 1 N–H and O–H groups in total. The van der Waals surface area contributed by atoms with E-state index >= 15 is 0 Å². The molecular weight excluding hydrogens is 240 g/mol. The summed E-state index contributed by atoms with van der Waals surface area (Å²) in [6.07, 6.45) is 6.72. The molecular formula is C15H20N2O2. The highest BCUT2D eigenvalue weighted by molar-refractivity contribution is 5.61. The van der Waals surface area contributed by atoms with Crippen LogP contribution in [-0.2, 0) is 0 Å². The minimum atomic E-state index is -0.333. The number of hydrogen-bond donors (Lipinski definition) is 1. The zero-order valence-corrected chi connectivity index (χ0v) is 11.5. The molecule has 19 heavy (non-hydrogen) atoms. The van der Waals surface area contributed by atoms with Crippen molar-refractivity contribution in [3.8, 4) is 0 Å². The van der Waals surface area contributed by atoms with Crippen molar-refractivity contribution in [2.24, 2.45) is 5.92 Å². The van der Waals surface area contributed by atoms with E-state index in [1.54, 1.807) is 12.1 Å². The SMILES string of the molecule is Cc1cc([N+](=O)[O-])cc(C)c1/C=C/C1CCNCC1. The van der Waals surface area contributed by atoms with Gasteiger partial charge in [-0.15, -0.1) is 0 Å². The van der Waals surface area contributed by atoms with Gasteiger partial charge < -0.3 is 5.32 Å². The molecule has 102 valence electrons. The number of allylic oxidation sites excluding steroid dienone is 1. The molecule has 0 spiro atoms. The van der Waals surface area contributed by atoms with E-state index in [2.05, 4.69) is 17.5 Å². The molecule has 4 heteroatoms. The number of benzene rings is 1. The maximum Gasteiger partial charge on any atom is 0.269 e. The summed E-state index contributed by atoms with van der Waals surface area (Å²) < 4.78 is 0. The largest absolute Gasteiger partial charge is 0.317 e. The molecule has 1 heterocycles. The van der Waals surface area contributed by atoms with Gasteiger partial charge in [0.25, 0.3) is 5.69 Å². The van der Waals surface area contributed by atoms with Crippen LogP contribution in [0.3, 0.4) is 0 Å². The average molecular weight is 260 g/mol. The van der Waals surface area contributed by atoms with Gasteiger partial charge in [-0.1, -0.05) is 12.2 Å². The van der Waals surface area contributed by atoms with Gasteiger partial charge in [0.05, 0.1) is 4.92 Å². The summed E-state index contributed by atoms with van der Waals surface area (Å²) in [6, 6.07) is 3.30. The molecule has 1 aliphatic heterocycles. The second kappa shape index (κ2) is 5.97. The highest BCUT2D eigenvalue weighted by Crippen LogP contribution is 2.24. The molecule has 0 saturated carbocycles.